The molecular formula is C22H25N3OS. The average molecular weight is 380 g/mol. The number of carbonyl (C=O) groups is 1. The van der Waals surface area contributed by atoms with Gasteiger partial charge in [-0.3, -0.25) is 4.79 Å². The molecule has 1 saturated heterocycles. The summed E-state index contributed by atoms with van der Waals surface area (Å²) >= 11 is 1.76. The summed E-state index contributed by atoms with van der Waals surface area (Å²) in [5.74, 6) is 0.145. The second-order valence-electron chi connectivity index (χ2n) is 7.52. The predicted octanol–water partition coefficient (Wildman–Crippen LogP) is 4.49. The van der Waals surface area contributed by atoms with Gasteiger partial charge in [0.2, 0.25) is 0 Å². The fourth-order valence-corrected chi connectivity index (χ4v) is 4.80. The first-order valence-electron chi connectivity index (χ1n) is 9.41. The van der Waals surface area contributed by atoms with Crippen molar-refractivity contribution in [2.24, 2.45) is 0 Å². The molecule has 0 spiro atoms. The highest BCUT2D eigenvalue weighted by molar-refractivity contribution is 7.22. The van der Waals surface area contributed by atoms with Crippen molar-refractivity contribution in [2.75, 3.05) is 31.1 Å². The molecule has 0 N–H and O–H groups in total. The summed E-state index contributed by atoms with van der Waals surface area (Å²) in [7, 11) is 0. The number of piperazine rings is 1. The van der Waals surface area contributed by atoms with Crippen LogP contribution in [0, 0.1) is 27.7 Å². The summed E-state index contributed by atoms with van der Waals surface area (Å²) in [4.78, 5) is 22.1. The van der Waals surface area contributed by atoms with Crippen LogP contribution in [0.3, 0.4) is 0 Å². The van der Waals surface area contributed by atoms with Gasteiger partial charge in [0, 0.05) is 31.7 Å². The van der Waals surface area contributed by atoms with Crippen LogP contribution in [0.1, 0.15) is 32.6 Å². The number of fused-ring (bicyclic) bond motifs is 1. The topological polar surface area (TPSA) is 36.4 Å². The molecule has 5 heteroatoms. The summed E-state index contributed by atoms with van der Waals surface area (Å²) in [6.45, 7) is 11.4. The molecule has 0 bridgehead atoms. The van der Waals surface area contributed by atoms with E-state index < -0.39 is 0 Å². The second-order valence-corrected chi connectivity index (χ2v) is 8.50. The number of aromatic nitrogens is 1. The SMILES string of the molecule is Cc1ccc(C)c(C(=O)N2CCN(c3nc4cc(C)cc(C)c4s3)CC2)c1. The number of rotatable bonds is 2. The Morgan fingerprint density at radius 2 is 1.67 bits per heavy atom. The Bertz CT molecular complexity index is 1020. The first kappa shape index (κ1) is 18.0. The maximum atomic E-state index is 12.9. The van der Waals surface area contributed by atoms with E-state index in [1.807, 2.05) is 30.9 Å². The molecule has 1 fully saturated rings. The molecule has 27 heavy (non-hydrogen) atoms. The number of hydrogen-bond acceptors (Lipinski definition) is 4. The van der Waals surface area contributed by atoms with Gasteiger partial charge in [0.05, 0.1) is 10.2 Å². The third-order valence-electron chi connectivity index (χ3n) is 5.27. The lowest BCUT2D eigenvalue weighted by Gasteiger charge is -2.34. The highest BCUT2D eigenvalue weighted by Gasteiger charge is 2.25. The van der Waals surface area contributed by atoms with Gasteiger partial charge in [-0.2, -0.15) is 0 Å². The molecule has 140 valence electrons. The van der Waals surface area contributed by atoms with Crippen LogP contribution in [-0.4, -0.2) is 42.0 Å². The average Bonchev–Trinajstić information content (AvgIpc) is 3.07. The van der Waals surface area contributed by atoms with Crippen LogP contribution in [0.25, 0.3) is 10.2 Å². The van der Waals surface area contributed by atoms with Gasteiger partial charge < -0.3 is 9.80 Å². The third-order valence-corrected chi connectivity index (χ3v) is 6.54. The molecule has 0 radical (unpaired) electrons. The first-order valence-corrected chi connectivity index (χ1v) is 10.2. The molecule has 1 amide bonds. The fraction of sp³-hybridized carbons (Fsp3) is 0.364. The minimum absolute atomic E-state index is 0.145. The molecule has 0 aliphatic carbocycles. The number of carbonyl (C=O) groups excluding carboxylic acids is 1. The van der Waals surface area contributed by atoms with Crippen molar-refractivity contribution in [3.05, 3.63) is 58.1 Å². The number of hydrogen-bond donors (Lipinski definition) is 0. The molecule has 2 heterocycles. The number of thiazole rings is 1. The third kappa shape index (κ3) is 3.44. The zero-order valence-corrected chi connectivity index (χ0v) is 17.2. The van der Waals surface area contributed by atoms with Crippen molar-refractivity contribution >= 4 is 32.6 Å². The minimum atomic E-state index is 0.145. The number of amides is 1. The minimum Gasteiger partial charge on any atom is -0.345 e. The van der Waals surface area contributed by atoms with E-state index in [0.29, 0.717) is 0 Å². The quantitative estimate of drug-likeness (QED) is 0.658. The van der Waals surface area contributed by atoms with E-state index >= 15 is 0 Å². The molecule has 0 atom stereocenters. The van der Waals surface area contributed by atoms with E-state index in [2.05, 4.69) is 36.9 Å². The predicted molar refractivity (Wildman–Crippen MR) is 113 cm³/mol. The molecule has 4 rings (SSSR count). The lowest BCUT2D eigenvalue weighted by atomic mass is 10.0. The van der Waals surface area contributed by atoms with Crippen LogP contribution in [0.5, 0.6) is 0 Å². The van der Waals surface area contributed by atoms with Crippen LogP contribution in [0.4, 0.5) is 5.13 Å². The van der Waals surface area contributed by atoms with Crippen molar-refractivity contribution in [1.82, 2.24) is 9.88 Å². The molecular weight excluding hydrogens is 354 g/mol. The van der Waals surface area contributed by atoms with Gasteiger partial charge in [0.1, 0.15) is 0 Å². The number of aryl methyl sites for hydroxylation is 4. The summed E-state index contributed by atoms with van der Waals surface area (Å²) in [5, 5.41) is 1.07. The Balaban J connectivity index is 1.50. The molecule has 1 aromatic heterocycles. The Labute approximate surface area is 164 Å². The molecule has 2 aromatic carbocycles. The lowest BCUT2D eigenvalue weighted by Crippen LogP contribution is -2.48. The largest absolute Gasteiger partial charge is 0.345 e. The van der Waals surface area contributed by atoms with E-state index in [-0.39, 0.29) is 5.91 Å². The Morgan fingerprint density at radius 1 is 0.926 bits per heavy atom. The van der Waals surface area contributed by atoms with Crippen molar-refractivity contribution in [3.8, 4) is 0 Å². The van der Waals surface area contributed by atoms with Gasteiger partial charge in [-0.15, -0.1) is 0 Å². The van der Waals surface area contributed by atoms with Crippen molar-refractivity contribution in [1.29, 1.82) is 0 Å². The smallest absolute Gasteiger partial charge is 0.254 e. The van der Waals surface area contributed by atoms with Crippen LogP contribution < -0.4 is 4.90 Å². The van der Waals surface area contributed by atoms with Crippen molar-refractivity contribution < 1.29 is 4.79 Å². The van der Waals surface area contributed by atoms with E-state index in [9.17, 15) is 4.79 Å². The second kappa shape index (κ2) is 6.97. The Kier molecular flexibility index (Phi) is 4.64. The summed E-state index contributed by atoms with van der Waals surface area (Å²) in [6, 6.07) is 10.5. The zero-order valence-electron chi connectivity index (χ0n) is 16.4. The monoisotopic (exact) mass is 379 g/mol. The van der Waals surface area contributed by atoms with Crippen molar-refractivity contribution in [2.45, 2.75) is 27.7 Å². The van der Waals surface area contributed by atoms with E-state index in [4.69, 9.17) is 4.98 Å². The molecule has 1 aliphatic rings. The first-order chi connectivity index (χ1) is 12.9. The summed E-state index contributed by atoms with van der Waals surface area (Å²) in [6.07, 6.45) is 0. The van der Waals surface area contributed by atoms with Gasteiger partial charge in [0.25, 0.3) is 5.91 Å². The van der Waals surface area contributed by atoms with Gasteiger partial charge >= 0.3 is 0 Å². The summed E-state index contributed by atoms with van der Waals surface area (Å²) in [5.41, 5.74) is 6.63. The fourth-order valence-electron chi connectivity index (χ4n) is 3.74. The Morgan fingerprint density at radius 3 is 2.41 bits per heavy atom. The molecule has 4 nitrogen and oxygen atoms in total. The maximum Gasteiger partial charge on any atom is 0.254 e. The number of nitrogens with zero attached hydrogens (tertiary/aromatic N) is 3. The van der Waals surface area contributed by atoms with Crippen molar-refractivity contribution in [3.63, 3.8) is 0 Å². The van der Waals surface area contributed by atoms with E-state index in [0.717, 1.165) is 53.5 Å². The summed E-state index contributed by atoms with van der Waals surface area (Å²) < 4.78 is 1.27. The number of anilines is 1. The molecule has 1 aliphatic heterocycles. The van der Waals surface area contributed by atoms with Crippen LogP contribution >= 0.6 is 11.3 Å². The van der Waals surface area contributed by atoms with Crippen LogP contribution in [-0.2, 0) is 0 Å². The normalized spacial score (nSPS) is 14.8. The van der Waals surface area contributed by atoms with Gasteiger partial charge in [-0.25, -0.2) is 4.98 Å². The maximum absolute atomic E-state index is 12.9. The Hall–Kier alpha value is -2.40. The van der Waals surface area contributed by atoms with Gasteiger partial charge in [-0.05, 0) is 56.5 Å². The highest BCUT2D eigenvalue weighted by Crippen LogP contribution is 2.32. The molecule has 3 aromatic rings. The van der Waals surface area contributed by atoms with E-state index in [1.54, 1.807) is 11.3 Å². The standard InChI is InChI=1S/C22H25N3OS/c1-14-5-6-16(3)18(12-14)21(26)24-7-9-25(10-8-24)22-23-19-13-15(2)11-17(4)20(19)27-22/h5-6,11-13H,7-10H2,1-4H3. The van der Waals surface area contributed by atoms with Crippen LogP contribution in [0.15, 0.2) is 30.3 Å². The molecule has 0 unspecified atom stereocenters. The highest BCUT2D eigenvalue weighted by atomic mass is 32.1. The number of benzene rings is 2. The van der Waals surface area contributed by atoms with Crippen LogP contribution in [0.2, 0.25) is 0 Å². The van der Waals surface area contributed by atoms with Gasteiger partial charge in [0.15, 0.2) is 5.13 Å². The van der Waals surface area contributed by atoms with Gasteiger partial charge in [-0.1, -0.05) is 35.1 Å². The zero-order chi connectivity index (χ0) is 19.1. The lowest BCUT2D eigenvalue weighted by molar-refractivity contribution is 0.0746. The van der Waals surface area contributed by atoms with E-state index in [1.165, 1.54) is 15.8 Å². The molecule has 0 saturated carbocycles.